The van der Waals surface area contributed by atoms with E-state index in [-0.39, 0.29) is 17.8 Å². The number of halogens is 1. The Labute approximate surface area is 131 Å². The highest BCUT2D eigenvalue weighted by Gasteiger charge is 2.23. The van der Waals surface area contributed by atoms with Crippen molar-refractivity contribution in [2.45, 2.75) is 12.5 Å². The van der Waals surface area contributed by atoms with Crippen molar-refractivity contribution in [2.24, 2.45) is 0 Å². The van der Waals surface area contributed by atoms with Crippen molar-refractivity contribution in [2.75, 3.05) is 27.2 Å². The number of hydrogen-bond acceptors (Lipinski definition) is 5. The molecule has 0 heterocycles. The van der Waals surface area contributed by atoms with Crippen LogP contribution in [0.1, 0.15) is 17.3 Å². The van der Waals surface area contributed by atoms with E-state index in [0.717, 1.165) is 0 Å². The largest absolute Gasteiger partial charge is 0.387 e. The summed E-state index contributed by atoms with van der Waals surface area (Å²) >= 11 is 3.13. The standard InChI is InChI=1S/C13H18BrN3O4/c1-13(19,8-16(2)3)7-15-12(18)9-4-10(14)6-11(5-9)17(20)21/h4-6,19H,7-8H2,1-3H3,(H,15,18). The van der Waals surface area contributed by atoms with E-state index in [9.17, 15) is 20.0 Å². The van der Waals surface area contributed by atoms with E-state index in [1.807, 2.05) is 14.1 Å². The van der Waals surface area contributed by atoms with E-state index in [4.69, 9.17) is 0 Å². The number of carbonyl (C=O) groups excluding carboxylic acids is 1. The van der Waals surface area contributed by atoms with Gasteiger partial charge >= 0.3 is 0 Å². The van der Waals surface area contributed by atoms with Gasteiger partial charge in [0.25, 0.3) is 11.6 Å². The Morgan fingerprint density at radius 3 is 2.62 bits per heavy atom. The highest BCUT2D eigenvalue weighted by atomic mass is 79.9. The van der Waals surface area contributed by atoms with Crippen molar-refractivity contribution < 1.29 is 14.8 Å². The van der Waals surface area contributed by atoms with Crippen LogP contribution in [0.15, 0.2) is 22.7 Å². The number of aliphatic hydroxyl groups is 1. The average Bonchev–Trinajstić information content (AvgIpc) is 2.33. The molecule has 1 atom stereocenters. The van der Waals surface area contributed by atoms with Gasteiger partial charge < -0.3 is 15.3 Å². The summed E-state index contributed by atoms with van der Waals surface area (Å²) in [6, 6.07) is 4.00. The Hall–Kier alpha value is -1.51. The normalized spacial score (nSPS) is 13.8. The summed E-state index contributed by atoms with van der Waals surface area (Å²) in [6.45, 7) is 2.03. The van der Waals surface area contributed by atoms with Gasteiger partial charge in [0.15, 0.2) is 0 Å². The minimum absolute atomic E-state index is 0.0460. The van der Waals surface area contributed by atoms with Crippen LogP contribution < -0.4 is 5.32 Å². The van der Waals surface area contributed by atoms with Crippen LogP contribution in [0.5, 0.6) is 0 Å². The molecule has 1 aromatic carbocycles. The summed E-state index contributed by atoms with van der Waals surface area (Å²) in [5, 5.41) is 23.5. The fourth-order valence-corrected chi connectivity index (χ4v) is 2.40. The molecule has 0 aliphatic carbocycles. The molecular weight excluding hydrogens is 342 g/mol. The van der Waals surface area contributed by atoms with Crippen LogP contribution in [-0.4, -0.2) is 53.6 Å². The van der Waals surface area contributed by atoms with E-state index in [2.05, 4.69) is 21.2 Å². The van der Waals surface area contributed by atoms with Crippen LogP contribution >= 0.6 is 15.9 Å². The first kappa shape index (κ1) is 17.5. The van der Waals surface area contributed by atoms with Gasteiger partial charge in [0.1, 0.15) is 0 Å². The van der Waals surface area contributed by atoms with Gasteiger partial charge in [-0.15, -0.1) is 0 Å². The van der Waals surface area contributed by atoms with E-state index in [1.165, 1.54) is 18.2 Å². The van der Waals surface area contributed by atoms with Gasteiger partial charge in [-0.25, -0.2) is 0 Å². The van der Waals surface area contributed by atoms with E-state index in [1.54, 1.807) is 11.8 Å². The summed E-state index contributed by atoms with van der Waals surface area (Å²) in [5.41, 5.74) is -1.09. The van der Waals surface area contributed by atoms with Gasteiger partial charge in [0, 0.05) is 35.3 Å². The molecule has 0 aromatic heterocycles. The topological polar surface area (TPSA) is 95.7 Å². The first-order valence-corrected chi connectivity index (χ1v) is 7.00. The van der Waals surface area contributed by atoms with Crippen molar-refractivity contribution in [1.29, 1.82) is 0 Å². The van der Waals surface area contributed by atoms with Gasteiger partial charge in [-0.1, -0.05) is 15.9 Å². The molecule has 1 amide bonds. The average molecular weight is 360 g/mol. The second-order valence-corrected chi connectivity index (χ2v) is 6.29. The number of nitrogens with one attached hydrogen (secondary N) is 1. The number of amides is 1. The summed E-state index contributed by atoms with van der Waals surface area (Å²) in [7, 11) is 3.63. The molecule has 0 aliphatic rings. The minimum Gasteiger partial charge on any atom is -0.387 e. The zero-order chi connectivity index (χ0) is 16.2. The lowest BCUT2D eigenvalue weighted by atomic mass is 10.1. The molecular formula is C13H18BrN3O4. The quantitative estimate of drug-likeness (QED) is 0.591. The Balaban J connectivity index is 2.79. The van der Waals surface area contributed by atoms with E-state index < -0.39 is 16.4 Å². The van der Waals surface area contributed by atoms with Crippen molar-refractivity contribution in [3.8, 4) is 0 Å². The molecule has 21 heavy (non-hydrogen) atoms. The zero-order valence-corrected chi connectivity index (χ0v) is 13.7. The number of benzene rings is 1. The highest BCUT2D eigenvalue weighted by molar-refractivity contribution is 9.10. The first-order valence-electron chi connectivity index (χ1n) is 6.21. The van der Waals surface area contributed by atoms with Crippen molar-refractivity contribution in [3.63, 3.8) is 0 Å². The second kappa shape index (κ2) is 6.97. The maximum atomic E-state index is 12.0. The molecule has 0 saturated heterocycles. The summed E-state index contributed by atoms with van der Waals surface area (Å²) < 4.78 is 0.446. The summed E-state index contributed by atoms with van der Waals surface area (Å²) in [6.07, 6.45) is 0. The lowest BCUT2D eigenvalue weighted by Crippen LogP contribution is -2.47. The molecule has 1 rings (SSSR count). The smallest absolute Gasteiger partial charge is 0.271 e. The molecule has 8 heteroatoms. The Bertz CT molecular complexity index is 546. The number of nitrogens with zero attached hydrogens (tertiary/aromatic N) is 2. The Kier molecular flexibility index (Phi) is 5.82. The summed E-state index contributed by atoms with van der Waals surface area (Å²) in [5.74, 6) is -0.474. The van der Waals surface area contributed by atoms with Gasteiger partial charge in [-0.2, -0.15) is 0 Å². The SMILES string of the molecule is CN(C)CC(C)(O)CNC(=O)c1cc(Br)cc([N+](=O)[O-])c1. The third kappa shape index (κ3) is 5.78. The number of nitro groups is 1. The third-order valence-electron chi connectivity index (χ3n) is 2.64. The number of carbonyl (C=O) groups is 1. The molecule has 1 unspecified atom stereocenters. The molecule has 0 spiro atoms. The first-order chi connectivity index (χ1) is 9.60. The van der Waals surface area contributed by atoms with E-state index >= 15 is 0 Å². The number of hydrogen-bond donors (Lipinski definition) is 2. The Morgan fingerprint density at radius 1 is 1.48 bits per heavy atom. The third-order valence-corrected chi connectivity index (χ3v) is 3.10. The Morgan fingerprint density at radius 2 is 2.10 bits per heavy atom. The van der Waals surface area contributed by atoms with Gasteiger partial charge in [0.05, 0.1) is 10.5 Å². The number of rotatable bonds is 6. The lowest BCUT2D eigenvalue weighted by molar-refractivity contribution is -0.385. The van der Waals surface area contributed by atoms with E-state index in [0.29, 0.717) is 11.0 Å². The van der Waals surface area contributed by atoms with Crippen LogP contribution in [0.25, 0.3) is 0 Å². The molecule has 0 saturated carbocycles. The second-order valence-electron chi connectivity index (χ2n) is 5.37. The molecule has 0 aliphatic heterocycles. The van der Waals surface area contributed by atoms with Gasteiger partial charge in [0.2, 0.25) is 0 Å². The predicted molar refractivity (Wildman–Crippen MR) is 82.3 cm³/mol. The highest BCUT2D eigenvalue weighted by Crippen LogP contribution is 2.21. The van der Waals surface area contributed by atoms with Crippen molar-refractivity contribution in [1.82, 2.24) is 10.2 Å². The summed E-state index contributed by atoms with van der Waals surface area (Å²) in [4.78, 5) is 24.0. The minimum atomic E-state index is -1.09. The fraction of sp³-hybridized carbons (Fsp3) is 0.462. The monoisotopic (exact) mass is 359 g/mol. The van der Waals surface area contributed by atoms with Crippen LogP contribution in [0, 0.1) is 10.1 Å². The van der Waals surface area contributed by atoms with Crippen LogP contribution in [-0.2, 0) is 0 Å². The molecule has 116 valence electrons. The molecule has 7 nitrogen and oxygen atoms in total. The number of non-ortho nitro benzene ring substituents is 1. The van der Waals surface area contributed by atoms with Crippen LogP contribution in [0.4, 0.5) is 5.69 Å². The maximum Gasteiger partial charge on any atom is 0.271 e. The van der Waals surface area contributed by atoms with Crippen molar-refractivity contribution >= 4 is 27.5 Å². The fourth-order valence-electron chi connectivity index (χ4n) is 1.92. The molecule has 1 aromatic rings. The molecule has 2 N–H and O–H groups in total. The maximum absolute atomic E-state index is 12.0. The zero-order valence-electron chi connectivity index (χ0n) is 12.1. The van der Waals surface area contributed by atoms with Crippen LogP contribution in [0.3, 0.4) is 0 Å². The molecule has 0 fully saturated rings. The molecule has 0 bridgehead atoms. The number of likely N-dealkylation sites (N-methyl/N-ethyl adjacent to an activating group) is 1. The van der Waals surface area contributed by atoms with Gasteiger partial charge in [-0.3, -0.25) is 14.9 Å². The lowest BCUT2D eigenvalue weighted by Gasteiger charge is -2.27. The van der Waals surface area contributed by atoms with Gasteiger partial charge in [-0.05, 0) is 27.1 Å². The predicted octanol–water partition coefficient (Wildman–Crippen LogP) is 1.40. The van der Waals surface area contributed by atoms with Crippen molar-refractivity contribution in [3.05, 3.63) is 38.3 Å². The molecule has 0 radical (unpaired) electrons. The van der Waals surface area contributed by atoms with Crippen LogP contribution in [0.2, 0.25) is 0 Å². The number of nitro benzene ring substituents is 1.